The quantitative estimate of drug-likeness (QED) is 0.755. The molecule has 1 amide bonds. The Morgan fingerprint density at radius 3 is 2.67 bits per heavy atom. The normalized spacial score (nSPS) is 14.9. The molecule has 1 aliphatic heterocycles. The second kappa shape index (κ2) is 7.99. The molecule has 0 spiro atoms. The summed E-state index contributed by atoms with van der Waals surface area (Å²) in [5, 5.41) is 7.41. The van der Waals surface area contributed by atoms with E-state index in [1.165, 1.54) is 5.56 Å². The van der Waals surface area contributed by atoms with Crippen LogP contribution in [0.4, 0.5) is 11.6 Å². The van der Waals surface area contributed by atoms with Crippen LogP contribution in [0.3, 0.4) is 0 Å². The van der Waals surface area contributed by atoms with Gasteiger partial charge in [0.1, 0.15) is 5.82 Å². The van der Waals surface area contributed by atoms with Crippen molar-refractivity contribution in [2.24, 2.45) is 5.92 Å². The van der Waals surface area contributed by atoms with Crippen LogP contribution in [-0.2, 0) is 11.3 Å². The Morgan fingerprint density at radius 1 is 1.11 bits per heavy atom. The molecule has 0 aliphatic carbocycles. The van der Waals surface area contributed by atoms with E-state index in [-0.39, 0.29) is 11.8 Å². The number of rotatable bonds is 5. The maximum absolute atomic E-state index is 12.6. The van der Waals surface area contributed by atoms with E-state index in [1.807, 2.05) is 35.1 Å². The van der Waals surface area contributed by atoms with Crippen molar-refractivity contribution >= 4 is 17.5 Å². The summed E-state index contributed by atoms with van der Waals surface area (Å²) >= 11 is 0. The van der Waals surface area contributed by atoms with E-state index in [0.717, 1.165) is 31.7 Å². The lowest BCUT2D eigenvalue weighted by atomic mass is 9.96. The molecule has 0 atom stereocenters. The van der Waals surface area contributed by atoms with Gasteiger partial charge in [-0.05, 0) is 18.4 Å². The maximum atomic E-state index is 12.6. The highest BCUT2D eigenvalue weighted by Crippen LogP contribution is 2.22. The number of anilines is 2. The zero-order chi connectivity index (χ0) is 18.5. The molecule has 138 valence electrons. The van der Waals surface area contributed by atoms with Gasteiger partial charge in [-0.25, -0.2) is 4.98 Å². The minimum absolute atomic E-state index is 0.00260. The molecule has 1 saturated heterocycles. The van der Waals surface area contributed by atoms with E-state index in [1.54, 1.807) is 18.6 Å². The zero-order valence-corrected chi connectivity index (χ0v) is 15.0. The number of amides is 1. The summed E-state index contributed by atoms with van der Waals surface area (Å²) in [7, 11) is 0. The molecule has 0 radical (unpaired) electrons. The molecule has 3 heterocycles. The standard InChI is InChI=1S/C20H22N6O/c27-20(17-6-11-25(12-7-17)19-14-21-9-10-22-19)23-18-8-13-26(24-18)15-16-4-2-1-3-5-16/h1-5,8-10,13-14,17H,6-7,11-12,15H2,(H,23,24,27). The fourth-order valence-corrected chi connectivity index (χ4v) is 3.34. The molecular formula is C20H22N6O. The lowest BCUT2D eigenvalue weighted by molar-refractivity contribution is -0.120. The number of piperidine rings is 1. The number of benzene rings is 1. The van der Waals surface area contributed by atoms with Gasteiger partial charge in [0.25, 0.3) is 0 Å². The molecule has 3 aromatic rings. The topological polar surface area (TPSA) is 75.9 Å². The Labute approximate surface area is 158 Å². The molecule has 1 aromatic carbocycles. The summed E-state index contributed by atoms with van der Waals surface area (Å²) in [5.74, 6) is 1.51. The van der Waals surface area contributed by atoms with Crippen molar-refractivity contribution in [3.8, 4) is 0 Å². The molecule has 0 saturated carbocycles. The lowest BCUT2D eigenvalue weighted by Gasteiger charge is -2.31. The predicted octanol–water partition coefficient (Wildman–Crippen LogP) is 2.58. The Morgan fingerprint density at radius 2 is 1.93 bits per heavy atom. The van der Waals surface area contributed by atoms with Crippen LogP contribution in [0.2, 0.25) is 0 Å². The van der Waals surface area contributed by atoms with Crippen molar-refractivity contribution < 1.29 is 4.79 Å². The van der Waals surface area contributed by atoms with Crippen molar-refractivity contribution in [1.29, 1.82) is 0 Å². The van der Waals surface area contributed by atoms with Gasteiger partial charge in [0.2, 0.25) is 5.91 Å². The first-order valence-corrected chi connectivity index (χ1v) is 9.17. The van der Waals surface area contributed by atoms with Crippen molar-refractivity contribution in [3.63, 3.8) is 0 Å². The number of carbonyl (C=O) groups excluding carboxylic acids is 1. The molecule has 4 rings (SSSR count). The van der Waals surface area contributed by atoms with Crippen molar-refractivity contribution in [3.05, 3.63) is 66.7 Å². The van der Waals surface area contributed by atoms with Gasteiger partial charge in [-0.3, -0.25) is 14.5 Å². The molecule has 1 aliphatic rings. The van der Waals surface area contributed by atoms with Crippen LogP contribution in [0.1, 0.15) is 18.4 Å². The van der Waals surface area contributed by atoms with E-state index in [0.29, 0.717) is 12.4 Å². The second-order valence-corrected chi connectivity index (χ2v) is 6.70. The van der Waals surface area contributed by atoms with E-state index in [4.69, 9.17) is 0 Å². The van der Waals surface area contributed by atoms with E-state index in [2.05, 4.69) is 37.4 Å². The largest absolute Gasteiger partial charge is 0.355 e. The Kier molecular flexibility index (Phi) is 5.09. The second-order valence-electron chi connectivity index (χ2n) is 6.70. The summed E-state index contributed by atoms with van der Waals surface area (Å²) in [6.45, 7) is 2.30. The number of nitrogens with zero attached hydrogens (tertiary/aromatic N) is 5. The third kappa shape index (κ3) is 4.31. The maximum Gasteiger partial charge on any atom is 0.228 e. The summed E-state index contributed by atoms with van der Waals surface area (Å²) in [6, 6.07) is 12.0. The average Bonchev–Trinajstić information content (AvgIpc) is 3.16. The smallest absolute Gasteiger partial charge is 0.228 e. The Balaban J connectivity index is 1.30. The van der Waals surface area contributed by atoms with Crippen LogP contribution in [0.25, 0.3) is 0 Å². The van der Waals surface area contributed by atoms with Gasteiger partial charge in [0.05, 0.1) is 12.7 Å². The monoisotopic (exact) mass is 362 g/mol. The number of nitrogens with one attached hydrogen (secondary N) is 1. The van der Waals surface area contributed by atoms with Gasteiger partial charge in [-0.15, -0.1) is 0 Å². The van der Waals surface area contributed by atoms with Crippen LogP contribution in [-0.4, -0.2) is 38.7 Å². The van der Waals surface area contributed by atoms with Crippen LogP contribution >= 0.6 is 0 Å². The van der Waals surface area contributed by atoms with Crippen molar-refractivity contribution in [1.82, 2.24) is 19.7 Å². The van der Waals surface area contributed by atoms with E-state index >= 15 is 0 Å². The van der Waals surface area contributed by atoms with Gasteiger partial charge < -0.3 is 10.2 Å². The minimum atomic E-state index is -0.00260. The van der Waals surface area contributed by atoms with Gasteiger partial charge in [0.15, 0.2) is 5.82 Å². The van der Waals surface area contributed by atoms with Gasteiger partial charge in [-0.2, -0.15) is 5.10 Å². The van der Waals surface area contributed by atoms with Crippen molar-refractivity contribution in [2.75, 3.05) is 23.3 Å². The summed E-state index contributed by atoms with van der Waals surface area (Å²) in [5.41, 5.74) is 1.18. The number of aromatic nitrogens is 4. The molecule has 1 fully saturated rings. The predicted molar refractivity (Wildman–Crippen MR) is 103 cm³/mol. The summed E-state index contributed by atoms with van der Waals surface area (Å²) in [6.07, 6.45) is 8.61. The SMILES string of the molecule is O=C(Nc1ccn(Cc2ccccc2)n1)C1CCN(c2cnccn2)CC1. The van der Waals surface area contributed by atoms with Gasteiger partial charge in [0, 0.05) is 43.7 Å². The van der Waals surface area contributed by atoms with Gasteiger partial charge >= 0.3 is 0 Å². The molecule has 0 unspecified atom stereocenters. The lowest BCUT2D eigenvalue weighted by Crippen LogP contribution is -2.38. The molecule has 27 heavy (non-hydrogen) atoms. The van der Waals surface area contributed by atoms with Crippen LogP contribution < -0.4 is 10.2 Å². The Hall–Kier alpha value is -3.22. The summed E-state index contributed by atoms with van der Waals surface area (Å²) < 4.78 is 1.83. The third-order valence-corrected chi connectivity index (χ3v) is 4.82. The zero-order valence-electron chi connectivity index (χ0n) is 15.0. The number of carbonyl (C=O) groups is 1. The first kappa shape index (κ1) is 17.2. The molecule has 2 aromatic heterocycles. The molecule has 0 bridgehead atoms. The first-order valence-electron chi connectivity index (χ1n) is 9.17. The van der Waals surface area contributed by atoms with Gasteiger partial charge in [-0.1, -0.05) is 30.3 Å². The average molecular weight is 362 g/mol. The van der Waals surface area contributed by atoms with Crippen molar-refractivity contribution in [2.45, 2.75) is 19.4 Å². The van der Waals surface area contributed by atoms with Crippen LogP contribution in [0.5, 0.6) is 0 Å². The first-order chi connectivity index (χ1) is 13.3. The highest BCUT2D eigenvalue weighted by Gasteiger charge is 2.26. The summed E-state index contributed by atoms with van der Waals surface area (Å²) in [4.78, 5) is 23.2. The van der Waals surface area contributed by atoms with Crippen LogP contribution in [0, 0.1) is 5.92 Å². The molecular weight excluding hydrogens is 340 g/mol. The minimum Gasteiger partial charge on any atom is -0.355 e. The van der Waals surface area contributed by atoms with E-state index < -0.39 is 0 Å². The highest BCUT2D eigenvalue weighted by molar-refractivity contribution is 5.91. The molecule has 7 heteroatoms. The molecule has 1 N–H and O–H groups in total. The third-order valence-electron chi connectivity index (χ3n) is 4.82. The number of hydrogen-bond donors (Lipinski definition) is 1. The number of hydrogen-bond acceptors (Lipinski definition) is 5. The van der Waals surface area contributed by atoms with Crippen LogP contribution in [0.15, 0.2) is 61.2 Å². The van der Waals surface area contributed by atoms with E-state index in [9.17, 15) is 4.79 Å². The molecule has 7 nitrogen and oxygen atoms in total. The fourth-order valence-electron chi connectivity index (χ4n) is 3.34. The Bertz CT molecular complexity index is 872. The highest BCUT2D eigenvalue weighted by atomic mass is 16.2. The fraction of sp³-hybridized carbons (Fsp3) is 0.300.